The zero-order valence-corrected chi connectivity index (χ0v) is 13.0. The summed E-state index contributed by atoms with van der Waals surface area (Å²) in [6, 6.07) is 12.9. The van der Waals surface area contributed by atoms with E-state index in [1.165, 1.54) is 0 Å². The van der Waals surface area contributed by atoms with Crippen molar-refractivity contribution >= 4 is 39.1 Å². The molecule has 0 aliphatic heterocycles. The summed E-state index contributed by atoms with van der Waals surface area (Å²) < 4.78 is 0.699. The smallest absolute Gasteiger partial charge is 0.259 e. The Morgan fingerprint density at radius 3 is 2.53 bits per heavy atom. The number of para-hydroxylation sites is 1. The third-order valence-corrected chi connectivity index (χ3v) is 3.83. The van der Waals surface area contributed by atoms with Gasteiger partial charge in [0.15, 0.2) is 0 Å². The number of benzene rings is 2. The molecule has 0 atom stereocenters. The maximum Gasteiger partial charge on any atom is 0.259 e. The van der Waals surface area contributed by atoms with E-state index in [4.69, 9.17) is 11.6 Å². The third-order valence-electron chi connectivity index (χ3n) is 2.94. The number of carbonyl (C=O) groups excluding carboxylic acids is 1. The van der Waals surface area contributed by atoms with E-state index < -0.39 is 0 Å². The topological polar surface area (TPSA) is 20.3 Å². The van der Waals surface area contributed by atoms with Gasteiger partial charge < -0.3 is 4.90 Å². The Bertz CT molecular complexity index is 627. The third kappa shape index (κ3) is 2.99. The van der Waals surface area contributed by atoms with Gasteiger partial charge in [-0.1, -0.05) is 29.8 Å². The average Bonchev–Trinajstić information content (AvgIpc) is 2.38. The van der Waals surface area contributed by atoms with Crippen molar-refractivity contribution in [3.63, 3.8) is 0 Å². The Labute approximate surface area is 126 Å². The van der Waals surface area contributed by atoms with Crippen molar-refractivity contribution in [1.82, 2.24) is 0 Å². The summed E-state index contributed by atoms with van der Waals surface area (Å²) in [4.78, 5) is 14.1. The minimum Gasteiger partial charge on any atom is -0.311 e. The monoisotopic (exact) mass is 337 g/mol. The minimum atomic E-state index is -0.0714. The van der Waals surface area contributed by atoms with Crippen LogP contribution >= 0.6 is 27.5 Å². The molecule has 2 aromatic rings. The van der Waals surface area contributed by atoms with E-state index >= 15 is 0 Å². The fourth-order valence-corrected chi connectivity index (χ4v) is 2.75. The molecule has 2 nitrogen and oxygen atoms in total. The molecule has 0 aromatic heterocycles. The van der Waals surface area contributed by atoms with E-state index in [9.17, 15) is 4.79 Å². The molecule has 0 saturated heterocycles. The number of nitrogens with zero attached hydrogens (tertiary/aromatic N) is 1. The predicted octanol–water partition coefficient (Wildman–Crippen LogP) is 4.69. The molecule has 4 heteroatoms. The number of aryl methyl sites for hydroxylation is 1. The second-order valence-corrected chi connectivity index (χ2v) is 5.57. The molecular weight excluding hydrogens is 326 g/mol. The van der Waals surface area contributed by atoms with Gasteiger partial charge >= 0.3 is 0 Å². The van der Waals surface area contributed by atoms with E-state index in [2.05, 4.69) is 15.9 Å². The summed E-state index contributed by atoms with van der Waals surface area (Å²) in [7, 11) is 1.77. The zero-order valence-electron chi connectivity index (χ0n) is 10.7. The van der Waals surface area contributed by atoms with Crippen molar-refractivity contribution in [1.29, 1.82) is 0 Å². The lowest BCUT2D eigenvalue weighted by molar-refractivity contribution is 0.0992. The maximum atomic E-state index is 12.5. The van der Waals surface area contributed by atoms with Crippen LogP contribution in [0.4, 0.5) is 5.69 Å². The lowest BCUT2D eigenvalue weighted by Crippen LogP contribution is -2.27. The molecule has 0 unspecified atom stereocenters. The van der Waals surface area contributed by atoms with Gasteiger partial charge in [-0.3, -0.25) is 4.79 Å². The van der Waals surface area contributed by atoms with Crippen molar-refractivity contribution in [3.8, 4) is 0 Å². The van der Waals surface area contributed by atoms with E-state index in [-0.39, 0.29) is 5.91 Å². The van der Waals surface area contributed by atoms with Gasteiger partial charge in [0.2, 0.25) is 0 Å². The lowest BCUT2D eigenvalue weighted by atomic mass is 10.1. The number of halogens is 2. The highest BCUT2D eigenvalue weighted by Gasteiger charge is 2.17. The Kier molecular flexibility index (Phi) is 4.27. The molecule has 2 rings (SSSR count). The number of carbonyl (C=O) groups is 1. The van der Waals surface area contributed by atoms with E-state index in [0.29, 0.717) is 15.1 Å². The predicted molar refractivity (Wildman–Crippen MR) is 83.1 cm³/mol. The Morgan fingerprint density at radius 2 is 1.89 bits per heavy atom. The fourth-order valence-electron chi connectivity index (χ4n) is 1.89. The number of hydrogen-bond donors (Lipinski definition) is 0. The molecule has 98 valence electrons. The number of anilines is 1. The second-order valence-electron chi connectivity index (χ2n) is 4.27. The van der Waals surface area contributed by atoms with Crippen molar-refractivity contribution in [2.45, 2.75) is 6.92 Å². The first-order valence-corrected chi connectivity index (χ1v) is 6.96. The fraction of sp³-hybridized carbons (Fsp3) is 0.133. The molecule has 0 spiro atoms. The Morgan fingerprint density at radius 1 is 1.21 bits per heavy atom. The van der Waals surface area contributed by atoms with Crippen LogP contribution in [-0.2, 0) is 0 Å². The van der Waals surface area contributed by atoms with Crippen LogP contribution in [0.25, 0.3) is 0 Å². The van der Waals surface area contributed by atoms with Crippen LogP contribution in [0.15, 0.2) is 46.9 Å². The van der Waals surface area contributed by atoms with Crippen molar-refractivity contribution < 1.29 is 4.79 Å². The van der Waals surface area contributed by atoms with Gasteiger partial charge in [-0.15, -0.1) is 0 Å². The van der Waals surface area contributed by atoms with Crippen molar-refractivity contribution in [2.24, 2.45) is 0 Å². The largest absolute Gasteiger partial charge is 0.311 e. The van der Waals surface area contributed by atoms with Crippen LogP contribution < -0.4 is 4.90 Å². The quantitative estimate of drug-likeness (QED) is 0.778. The van der Waals surface area contributed by atoms with Gasteiger partial charge in [0.1, 0.15) is 0 Å². The zero-order chi connectivity index (χ0) is 14.0. The minimum absolute atomic E-state index is 0.0714. The van der Waals surface area contributed by atoms with Gasteiger partial charge in [0, 0.05) is 22.2 Å². The molecule has 2 aromatic carbocycles. The Balaban J connectivity index is 2.37. The van der Waals surface area contributed by atoms with E-state index in [1.54, 1.807) is 30.1 Å². The van der Waals surface area contributed by atoms with E-state index in [0.717, 1.165) is 11.3 Å². The van der Waals surface area contributed by atoms with E-state index in [1.807, 2.05) is 31.2 Å². The summed E-state index contributed by atoms with van der Waals surface area (Å²) in [5.74, 6) is -0.0714. The molecule has 0 heterocycles. The normalized spacial score (nSPS) is 10.3. The van der Waals surface area contributed by atoms with Gasteiger partial charge in [-0.25, -0.2) is 0 Å². The first kappa shape index (κ1) is 14.1. The molecule has 1 amide bonds. The molecule has 0 saturated carbocycles. The van der Waals surface area contributed by atoms with Gasteiger partial charge in [0.25, 0.3) is 5.91 Å². The van der Waals surface area contributed by atoms with Gasteiger partial charge in [-0.05, 0) is 52.7 Å². The van der Waals surface area contributed by atoms with Gasteiger partial charge in [0.05, 0.1) is 5.56 Å². The standard InChI is InChI=1S/C15H13BrClNO/c1-10-5-3-4-6-14(10)18(2)15(19)12-8-7-11(17)9-13(12)16/h3-9H,1-2H3. The van der Waals surface area contributed by atoms with Crippen LogP contribution in [0.1, 0.15) is 15.9 Å². The molecular formula is C15H13BrClNO. The number of rotatable bonds is 2. The molecule has 0 bridgehead atoms. The summed E-state index contributed by atoms with van der Waals surface area (Å²) in [6.07, 6.45) is 0. The van der Waals surface area contributed by atoms with Crippen molar-refractivity contribution in [2.75, 3.05) is 11.9 Å². The van der Waals surface area contributed by atoms with Crippen LogP contribution in [0.3, 0.4) is 0 Å². The number of hydrogen-bond acceptors (Lipinski definition) is 1. The first-order chi connectivity index (χ1) is 9.00. The van der Waals surface area contributed by atoms with Crippen LogP contribution in [0.2, 0.25) is 5.02 Å². The van der Waals surface area contributed by atoms with Gasteiger partial charge in [-0.2, -0.15) is 0 Å². The van der Waals surface area contributed by atoms with Crippen LogP contribution in [-0.4, -0.2) is 13.0 Å². The van der Waals surface area contributed by atoms with Crippen molar-refractivity contribution in [3.05, 3.63) is 63.1 Å². The van der Waals surface area contributed by atoms with Crippen LogP contribution in [0.5, 0.6) is 0 Å². The van der Waals surface area contributed by atoms with Crippen LogP contribution in [0, 0.1) is 6.92 Å². The molecule has 19 heavy (non-hydrogen) atoms. The highest BCUT2D eigenvalue weighted by atomic mass is 79.9. The highest BCUT2D eigenvalue weighted by Crippen LogP contribution is 2.25. The summed E-state index contributed by atoms with van der Waals surface area (Å²) >= 11 is 9.26. The molecule has 0 aliphatic rings. The molecule has 0 N–H and O–H groups in total. The summed E-state index contributed by atoms with van der Waals surface area (Å²) in [6.45, 7) is 1.98. The maximum absolute atomic E-state index is 12.5. The average molecular weight is 339 g/mol. The highest BCUT2D eigenvalue weighted by molar-refractivity contribution is 9.10. The molecule has 0 aliphatic carbocycles. The first-order valence-electron chi connectivity index (χ1n) is 5.79. The Hall–Kier alpha value is -1.32. The molecule has 0 fully saturated rings. The lowest BCUT2D eigenvalue weighted by Gasteiger charge is -2.20. The second kappa shape index (κ2) is 5.76. The number of amides is 1. The summed E-state index contributed by atoms with van der Waals surface area (Å²) in [5.41, 5.74) is 2.55. The summed E-state index contributed by atoms with van der Waals surface area (Å²) in [5, 5.41) is 0.599. The SMILES string of the molecule is Cc1ccccc1N(C)C(=O)c1ccc(Cl)cc1Br. The molecule has 0 radical (unpaired) electrons.